The van der Waals surface area contributed by atoms with Gasteiger partial charge >= 0.3 is 5.76 Å². The van der Waals surface area contributed by atoms with Gasteiger partial charge in [-0.1, -0.05) is 29.4 Å². The SMILES string of the molecule is Cc1ccccc1-c1noc(=O)n1CC(=O)N1CCCCC1. The molecule has 1 fully saturated rings. The number of carbonyl (C=O) groups excluding carboxylic acids is 1. The number of rotatable bonds is 3. The zero-order valence-electron chi connectivity index (χ0n) is 12.6. The summed E-state index contributed by atoms with van der Waals surface area (Å²) in [6.07, 6.45) is 3.20. The Morgan fingerprint density at radius 2 is 1.95 bits per heavy atom. The van der Waals surface area contributed by atoms with Crippen LogP contribution < -0.4 is 5.76 Å². The Hall–Kier alpha value is -2.37. The minimum Gasteiger partial charge on any atom is -0.341 e. The third kappa shape index (κ3) is 2.81. The van der Waals surface area contributed by atoms with E-state index < -0.39 is 5.76 Å². The molecule has 6 heteroatoms. The van der Waals surface area contributed by atoms with Crippen molar-refractivity contribution in [3.63, 3.8) is 0 Å². The first kappa shape index (κ1) is 14.6. The Balaban J connectivity index is 1.88. The number of aryl methyl sites for hydroxylation is 1. The van der Waals surface area contributed by atoms with Gasteiger partial charge in [-0.05, 0) is 31.7 Å². The number of likely N-dealkylation sites (tertiary alicyclic amines) is 1. The fourth-order valence-electron chi connectivity index (χ4n) is 2.80. The maximum atomic E-state index is 12.4. The van der Waals surface area contributed by atoms with Gasteiger partial charge < -0.3 is 4.90 Å². The molecule has 0 aliphatic carbocycles. The van der Waals surface area contributed by atoms with Crippen molar-refractivity contribution in [1.82, 2.24) is 14.6 Å². The summed E-state index contributed by atoms with van der Waals surface area (Å²) in [6, 6.07) is 7.60. The predicted octanol–water partition coefficient (Wildman–Crippen LogP) is 1.82. The fourth-order valence-corrected chi connectivity index (χ4v) is 2.80. The molecule has 2 aromatic rings. The Morgan fingerprint density at radius 3 is 2.68 bits per heavy atom. The molecule has 3 rings (SSSR count). The number of amides is 1. The maximum absolute atomic E-state index is 12.4. The van der Waals surface area contributed by atoms with Gasteiger partial charge in [0.05, 0.1) is 0 Å². The van der Waals surface area contributed by atoms with E-state index in [4.69, 9.17) is 4.52 Å². The minimum atomic E-state index is -0.594. The molecule has 22 heavy (non-hydrogen) atoms. The van der Waals surface area contributed by atoms with Crippen molar-refractivity contribution in [1.29, 1.82) is 0 Å². The monoisotopic (exact) mass is 301 g/mol. The van der Waals surface area contributed by atoms with E-state index in [2.05, 4.69) is 5.16 Å². The molecule has 0 atom stereocenters. The van der Waals surface area contributed by atoms with Gasteiger partial charge in [0.15, 0.2) is 5.82 Å². The van der Waals surface area contributed by atoms with E-state index in [1.165, 1.54) is 4.57 Å². The largest absolute Gasteiger partial charge is 0.442 e. The van der Waals surface area contributed by atoms with Gasteiger partial charge in [0, 0.05) is 18.7 Å². The molecule has 0 saturated carbocycles. The lowest BCUT2D eigenvalue weighted by Gasteiger charge is -2.26. The summed E-state index contributed by atoms with van der Waals surface area (Å²) >= 11 is 0. The van der Waals surface area contributed by atoms with Crippen molar-refractivity contribution in [3.05, 3.63) is 40.4 Å². The molecule has 1 aromatic heterocycles. The lowest BCUT2D eigenvalue weighted by Crippen LogP contribution is -2.39. The Labute approximate surface area is 128 Å². The fraction of sp³-hybridized carbons (Fsp3) is 0.438. The number of piperidine rings is 1. The number of nitrogens with zero attached hydrogens (tertiary/aromatic N) is 3. The van der Waals surface area contributed by atoms with E-state index in [0.717, 1.165) is 43.5 Å². The number of hydrogen-bond acceptors (Lipinski definition) is 4. The highest BCUT2D eigenvalue weighted by atomic mass is 16.5. The van der Waals surface area contributed by atoms with E-state index >= 15 is 0 Å². The minimum absolute atomic E-state index is 0.0218. The lowest BCUT2D eigenvalue weighted by atomic mass is 10.1. The Bertz CT molecular complexity index is 726. The Morgan fingerprint density at radius 1 is 1.23 bits per heavy atom. The van der Waals surface area contributed by atoms with Crippen molar-refractivity contribution in [2.24, 2.45) is 0 Å². The van der Waals surface area contributed by atoms with Gasteiger partial charge in [0.2, 0.25) is 5.91 Å². The molecule has 0 radical (unpaired) electrons. The summed E-state index contributed by atoms with van der Waals surface area (Å²) < 4.78 is 6.10. The average Bonchev–Trinajstić information content (AvgIpc) is 2.90. The molecule has 6 nitrogen and oxygen atoms in total. The zero-order chi connectivity index (χ0) is 15.5. The Kier molecular flexibility index (Phi) is 4.09. The summed E-state index contributed by atoms with van der Waals surface area (Å²) in [6.45, 7) is 3.44. The van der Waals surface area contributed by atoms with Crippen LogP contribution in [0.25, 0.3) is 11.4 Å². The van der Waals surface area contributed by atoms with Crippen LogP contribution in [0.15, 0.2) is 33.6 Å². The summed E-state index contributed by atoms with van der Waals surface area (Å²) in [7, 11) is 0. The number of aromatic nitrogens is 2. The van der Waals surface area contributed by atoms with Gasteiger partial charge in [-0.3, -0.25) is 9.32 Å². The molecule has 0 N–H and O–H groups in total. The first-order valence-electron chi connectivity index (χ1n) is 7.57. The van der Waals surface area contributed by atoms with Gasteiger partial charge in [-0.15, -0.1) is 0 Å². The average molecular weight is 301 g/mol. The summed E-state index contributed by atoms with van der Waals surface area (Å²) in [5.74, 6) is -0.239. The first-order chi connectivity index (χ1) is 10.7. The van der Waals surface area contributed by atoms with Crippen molar-refractivity contribution >= 4 is 5.91 Å². The second-order valence-electron chi connectivity index (χ2n) is 5.61. The van der Waals surface area contributed by atoms with Crippen LogP contribution in [0, 0.1) is 6.92 Å². The smallest absolute Gasteiger partial charge is 0.341 e. The van der Waals surface area contributed by atoms with Crippen LogP contribution in [0.3, 0.4) is 0 Å². The third-order valence-corrected chi connectivity index (χ3v) is 4.07. The van der Waals surface area contributed by atoms with Crippen molar-refractivity contribution in [3.8, 4) is 11.4 Å². The van der Waals surface area contributed by atoms with Crippen LogP contribution in [0.5, 0.6) is 0 Å². The molecule has 116 valence electrons. The summed E-state index contributed by atoms with van der Waals surface area (Å²) in [4.78, 5) is 26.1. The van der Waals surface area contributed by atoms with E-state index in [-0.39, 0.29) is 12.5 Å². The molecular weight excluding hydrogens is 282 g/mol. The molecule has 1 aliphatic rings. The van der Waals surface area contributed by atoms with Crippen molar-refractivity contribution in [2.75, 3.05) is 13.1 Å². The topological polar surface area (TPSA) is 68.3 Å². The van der Waals surface area contributed by atoms with Gasteiger partial charge in [0.1, 0.15) is 6.54 Å². The summed E-state index contributed by atoms with van der Waals surface area (Å²) in [5.41, 5.74) is 1.79. The normalized spacial score (nSPS) is 15.0. The summed E-state index contributed by atoms with van der Waals surface area (Å²) in [5, 5.41) is 3.85. The predicted molar refractivity (Wildman–Crippen MR) is 81.4 cm³/mol. The van der Waals surface area contributed by atoms with Gasteiger partial charge in [0.25, 0.3) is 0 Å². The lowest BCUT2D eigenvalue weighted by molar-refractivity contribution is -0.132. The number of hydrogen-bond donors (Lipinski definition) is 0. The van der Waals surface area contributed by atoms with Crippen LogP contribution in [0.4, 0.5) is 0 Å². The van der Waals surface area contributed by atoms with E-state index in [0.29, 0.717) is 5.82 Å². The highest BCUT2D eigenvalue weighted by Crippen LogP contribution is 2.20. The molecule has 1 saturated heterocycles. The number of carbonyl (C=O) groups is 1. The highest BCUT2D eigenvalue weighted by molar-refractivity contribution is 5.77. The molecule has 2 heterocycles. The van der Waals surface area contributed by atoms with E-state index in [1.807, 2.05) is 36.1 Å². The quantitative estimate of drug-likeness (QED) is 0.867. The zero-order valence-corrected chi connectivity index (χ0v) is 12.6. The van der Waals surface area contributed by atoms with Crippen LogP contribution in [0.1, 0.15) is 24.8 Å². The molecule has 1 aromatic carbocycles. The van der Waals surface area contributed by atoms with Crippen LogP contribution in [-0.2, 0) is 11.3 Å². The van der Waals surface area contributed by atoms with Crippen LogP contribution in [-0.4, -0.2) is 33.6 Å². The first-order valence-corrected chi connectivity index (χ1v) is 7.57. The number of benzene rings is 1. The van der Waals surface area contributed by atoms with E-state index in [1.54, 1.807) is 0 Å². The maximum Gasteiger partial charge on any atom is 0.442 e. The molecular formula is C16H19N3O3. The van der Waals surface area contributed by atoms with Crippen LogP contribution in [0.2, 0.25) is 0 Å². The van der Waals surface area contributed by atoms with Crippen LogP contribution >= 0.6 is 0 Å². The van der Waals surface area contributed by atoms with Gasteiger partial charge in [-0.25, -0.2) is 9.36 Å². The highest BCUT2D eigenvalue weighted by Gasteiger charge is 2.21. The molecule has 0 bridgehead atoms. The van der Waals surface area contributed by atoms with E-state index in [9.17, 15) is 9.59 Å². The van der Waals surface area contributed by atoms with Crippen molar-refractivity contribution < 1.29 is 9.32 Å². The molecule has 0 spiro atoms. The second-order valence-corrected chi connectivity index (χ2v) is 5.61. The molecule has 0 unspecified atom stereocenters. The van der Waals surface area contributed by atoms with Crippen molar-refractivity contribution in [2.45, 2.75) is 32.7 Å². The van der Waals surface area contributed by atoms with Gasteiger partial charge in [-0.2, -0.15) is 0 Å². The molecule has 1 aliphatic heterocycles. The second kappa shape index (κ2) is 6.17. The standard InChI is InChI=1S/C16H19N3O3/c1-12-7-3-4-8-13(12)15-17-22-16(21)19(15)11-14(20)18-9-5-2-6-10-18/h3-4,7-8H,2,5-6,9-11H2,1H3. The third-order valence-electron chi connectivity index (χ3n) is 4.07. The molecule has 1 amide bonds.